The minimum Gasteiger partial charge on any atom is -0.462 e. The maximum atomic E-state index is 12.9. The molecule has 0 rings (SSSR count). The third-order valence-corrected chi connectivity index (χ3v) is 15.8. The average molecular weight is 1060 g/mol. The molecule has 0 bridgehead atoms. The van der Waals surface area contributed by atoms with Crippen molar-refractivity contribution < 1.29 is 28.6 Å². The lowest BCUT2D eigenvalue weighted by molar-refractivity contribution is -0.167. The van der Waals surface area contributed by atoms with Crippen LogP contribution in [0, 0.1) is 0 Å². The fourth-order valence-electron chi connectivity index (χ4n) is 10.6. The van der Waals surface area contributed by atoms with Crippen molar-refractivity contribution in [1.29, 1.82) is 0 Å². The molecule has 0 aromatic rings. The third-order valence-electron chi connectivity index (χ3n) is 15.8. The van der Waals surface area contributed by atoms with Crippen molar-refractivity contribution in [2.75, 3.05) is 13.2 Å². The molecule has 0 N–H and O–H groups in total. The fourth-order valence-corrected chi connectivity index (χ4v) is 10.6. The Balaban J connectivity index is 4.03. The van der Waals surface area contributed by atoms with Gasteiger partial charge in [-0.1, -0.05) is 341 Å². The zero-order chi connectivity index (χ0) is 54.3. The highest BCUT2D eigenvalue weighted by atomic mass is 16.6. The first-order valence-corrected chi connectivity index (χ1v) is 34.2. The Morgan fingerprint density at radius 1 is 0.253 bits per heavy atom. The van der Waals surface area contributed by atoms with Gasteiger partial charge in [-0.15, -0.1) is 0 Å². The Labute approximate surface area is 469 Å². The zero-order valence-electron chi connectivity index (χ0n) is 51.1. The molecule has 0 aliphatic heterocycles. The van der Waals surface area contributed by atoms with E-state index in [0.717, 1.165) is 57.8 Å². The average Bonchev–Trinajstić information content (AvgIpc) is 3.41. The van der Waals surface area contributed by atoms with E-state index in [-0.39, 0.29) is 31.1 Å². The molecule has 6 heteroatoms. The van der Waals surface area contributed by atoms with Gasteiger partial charge in [0.15, 0.2) is 6.10 Å². The lowest BCUT2D eigenvalue weighted by atomic mass is 10.0. The van der Waals surface area contributed by atoms with Crippen molar-refractivity contribution in [2.45, 2.75) is 399 Å². The number of rotatable bonds is 64. The van der Waals surface area contributed by atoms with Gasteiger partial charge in [0, 0.05) is 19.3 Å². The van der Waals surface area contributed by atoms with Crippen molar-refractivity contribution >= 4 is 17.9 Å². The molecule has 0 saturated heterocycles. The summed E-state index contributed by atoms with van der Waals surface area (Å²) < 4.78 is 16.9. The highest BCUT2D eigenvalue weighted by Crippen LogP contribution is 2.19. The first-order valence-electron chi connectivity index (χ1n) is 34.2. The number of allylic oxidation sites excluding steroid dienone is 2. The normalized spacial score (nSPS) is 12.0. The second-order valence-electron chi connectivity index (χ2n) is 23.5. The number of unbranched alkanes of at least 4 members (excludes halogenated alkanes) is 51. The molecule has 0 spiro atoms. The predicted molar refractivity (Wildman–Crippen MR) is 326 cm³/mol. The Hall–Kier alpha value is -1.85. The summed E-state index contributed by atoms with van der Waals surface area (Å²) in [4.78, 5) is 38.1. The van der Waals surface area contributed by atoms with Gasteiger partial charge in [-0.25, -0.2) is 0 Å². The second kappa shape index (κ2) is 64.7. The number of carbonyl (C=O) groups is 3. The summed E-state index contributed by atoms with van der Waals surface area (Å²) in [5.41, 5.74) is 0. The number of carbonyl (C=O) groups excluding carboxylic acids is 3. The van der Waals surface area contributed by atoms with Crippen LogP contribution in [0.15, 0.2) is 12.2 Å². The molecule has 1 atom stereocenters. The van der Waals surface area contributed by atoms with Gasteiger partial charge in [-0.05, 0) is 44.9 Å². The summed E-state index contributed by atoms with van der Waals surface area (Å²) in [5.74, 6) is -0.841. The summed E-state index contributed by atoms with van der Waals surface area (Å²) in [6, 6.07) is 0. The number of hydrogen-bond acceptors (Lipinski definition) is 6. The van der Waals surface area contributed by atoms with Gasteiger partial charge < -0.3 is 14.2 Å². The minimum atomic E-state index is -0.764. The molecule has 1 unspecified atom stereocenters. The fraction of sp³-hybridized carbons (Fsp3) is 0.928. The lowest BCUT2D eigenvalue weighted by Gasteiger charge is -2.18. The molecule has 0 aromatic heterocycles. The van der Waals surface area contributed by atoms with Crippen molar-refractivity contribution in [1.82, 2.24) is 0 Å². The SMILES string of the molecule is CCCCCCCCCC/C=C\CCCCCCCCCCCCCCCC(=O)OCC(COC(=O)CCCCCCCCC)OC(=O)CCCCCCCCCCCCCCCCCCCCCCCCCCC. The molecular formula is C69H132O6. The molecule has 0 aromatic carbocycles. The maximum Gasteiger partial charge on any atom is 0.306 e. The van der Waals surface area contributed by atoms with Gasteiger partial charge >= 0.3 is 17.9 Å². The Bertz CT molecular complexity index is 1170. The molecule has 0 aliphatic carbocycles. The summed E-state index contributed by atoms with van der Waals surface area (Å²) in [6.45, 7) is 6.68. The Morgan fingerprint density at radius 2 is 0.440 bits per heavy atom. The van der Waals surface area contributed by atoms with Crippen LogP contribution in [-0.2, 0) is 28.6 Å². The molecule has 6 nitrogen and oxygen atoms in total. The van der Waals surface area contributed by atoms with Crippen LogP contribution in [0.4, 0.5) is 0 Å². The van der Waals surface area contributed by atoms with Crippen LogP contribution in [-0.4, -0.2) is 37.2 Å². The summed E-state index contributed by atoms with van der Waals surface area (Å²) in [6.07, 6.45) is 77.0. The molecule has 0 radical (unpaired) electrons. The number of hydrogen-bond donors (Lipinski definition) is 0. The first kappa shape index (κ1) is 73.2. The monoisotopic (exact) mass is 1060 g/mol. The topological polar surface area (TPSA) is 78.9 Å². The summed E-state index contributed by atoms with van der Waals surface area (Å²) in [5, 5.41) is 0. The minimum absolute atomic E-state index is 0.0639. The van der Waals surface area contributed by atoms with Crippen LogP contribution < -0.4 is 0 Å². The van der Waals surface area contributed by atoms with E-state index in [1.807, 2.05) is 0 Å². The maximum absolute atomic E-state index is 12.9. The standard InChI is InChI=1S/C69H132O6/c1-4-7-10-13-16-18-20-22-24-26-28-30-32-34-36-38-40-42-44-46-48-50-53-56-59-62-68(71)74-65-66(64-73-67(70)61-58-55-52-15-12-9-6-3)75-69(72)63-60-57-54-51-49-47-45-43-41-39-37-35-33-31-29-27-25-23-21-19-17-14-11-8-5-2/h26,28,66H,4-25,27,29-65H2,1-3H3/b28-26-. The van der Waals surface area contributed by atoms with E-state index in [9.17, 15) is 14.4 Å². The van der Waals surface area contributed by atoms with E-state index >= 15 is 0 Å². The van der Waals surface area contributed by atoms with Gasteiger partial charge in [0.2, 0.25) is 0 Å². The summed E-state index contributed by atoms with van der Waals surface area (Å²) in [7, 11) is 0. The molecule has 0 amide bonds. The highest BCUT2D eigenvalue weighted by molar-refractivity contribution is 5.71. The third kappa shape index (κ3) is 62.9. The van der Waals surface area contributed by atoms with E-state index in [4.69, 9.17) is 14.2 Å². The number of esters is 3. The highest BCUT2D eigenvalue weighted by Gasteiger charge is 2.19. The van der Waals surface area contributed by atoms with Gasteiger partial charge in [-0.3, -0.25) is 14.4 Å². The lowest BCUT2D eigenvalue weighted by Crippen LogP contribution is -2.30. The molecular weight excluding hydrogens is 925 g/mol. The number of ether oxygens (including phenoxy) is 3. The van der Waals surface area contributed by atoms with Crippen molar-refractivity contribution in [3.8, 4) is 0 Å². The first-order chi connectivity index (χ1) is 37.0. The van der Waals surface area contributed by atoms with E-state index < -0.39 is 6.10 Å². The van der Waals surface area contributed by atoms with E-state index in [1.165, 1.54) is 295 Å². The Kier molecular flexibility index (Phi) is 63.1. The largest absolute Gasteiger partial charge is 0.462 e. The van der Waals surface area contributed by atoms with Gasteiger partial charge in [0.05, 0.1) is 0 Å². The predicted octanol–water partition coefficient (Wildman–Crippen LogP) is 23.2. The molecule has 0 fully saturated rings. The van der Waals surface area contributed by atoms with E-state index in [0.29, 0.717) is 19.3 Å². The van der Waals surface area contributed by atoms with Crippen LogP contribution >= 0.6 is 0 Å². The van der Waals surface area contributed by atoms with Gasteiger partial charge in [0.1, 0.15) is 13.2 Å². The van der Waals surface area contributed by atoms with E-state index in [2.05, 4.69) is 32.9 Å². The Morgan fingerprint density at radius 3 is 0.667 bits per heavy atom. The van der Waals surface area contributed by atoms with Crippen LogP contribution in [0.3, 0.4) is 0 Å². The van der Waals surface area contributed by atoms with Crippen LogP contribution in [0.25, 0.3) is 0 Å². The van der Waals surface area contributed by atoms with Gasteiger partial charge in [0.25, 0.3) is 0 Å². The van der Waals surface area contributed by atoms with E-state index in [1.54, 1.807) is 0 Å². The van der Waals surface area contributed by atoms with Crippen molar-refractivity contribution in [3.63, 3.8) is 0 Å². The van der Waals surface area contributed by atoms with Crippen LogP contribution in [0.2, 0.25) is 0 Å². The van der Waals surface area contributed by atoms with Crippen LogP contribution in [0.5, 0.6) is 0 Å². The summed E-state index contributed by atoms with van der Waals surface area (Å²) >= 11 is 0. The molecule has 0 saturated carbocycles. The second-order valence-corrected chi connectivity index (χ2v) is 23.5. The van der Waals surface area contributed by atoms with Crippen molar-refractivity contribution in [2.24, 2.45) is 0 Å². The molecule has 0 heterocycles. The molecule has 75 heavy (non-hydrogen) atoms. The zero-order valence-corrected chi connectivity index (χ0v) is 51.1. The quantitative estimate of drug-likeness (QED) is 0.0261. The van der Waals surface area contributed by atoms with Crippen molar-refractivity contribution in [3.05, 3.63) is 12.2 Å². The van der Waals surface area contributed by atoms with Gasteiger partial charge in [-0.2, -0.15) is 0 Å². The molecule has 444 valence electrons. The van der Waals surface area contributed by atoms with Crippen LogP contribution in [0.1, 0.15) is 393 Å². The molecule has 0 aliphatic rings. The smallest absolute Gasteiger partial charge is 0.306 e.